The Morgan fingerprint density at radius 1 is 1.19 bits per heavy atom. The standard InChI is InChI=1S/C22H22FNO3/c1-15-18-9-3-5-11-20(18)27-21(15)22(25)24(14-17-8-6-12-26-17)13-16-7-2-4-10-19(16)23/h2-5,7,9-11,17H,6,8,12-14H2,1H3/t17-/m0/s1. The molecule has 0 N–H and O–H groups in total. The zero-order valence-corrected chi connectivity index (χ0v) is 15.3. The van der Waals surface area contributed by atoms with E-state index in [1.807, 2.05) is 31.2 Å². The minimum atomic E-state index is -0.316. The monoisotopic (exact) mass is 367 g/mol. The van der Waals surface area contributed by atoms with Crippen molar-refractivity contribution in [2.45, 2.75) is 32.4 Å². The van der Waals surface area contributed by atoms with Gasteiger partial charge in [0.25, 0.3) is 5.91 Å². The number of fused-ring (bicyclic) bond motifs is 1. The molecule has 5 heteroatoms. The molecule has 1 aliphatic rings. The maximum absolute atomic E-state index is 14.2. The van der Waals surface area contributed by atoms with Gasteiger partial charge in [0, 0.05) is 36.2 Å². The second-order valence-corrected chi connectivity index (χ2v) is 6.96. The Hall–Kier alpha value is -2.66. The van der Waals surface area contributed by atoms with E-state index in [4.69, 9.17) is 9.15 Å². The summed E-state index contributed by atoms with van der Waals surface area (Å²) in [5.74, 6) is -0.239. The molecule has 1 aliphatic heterocycles. The van der Waals surface area contributed by atoms with Gasteiger partial charge in [0.2, 0.25) is 0 Å². The van der Waals surface area contributed by atoms with E-state index in [2.05, 4.69) is 0 Å². The number of nitrogens with zero attached hydrogens (tertiary/aromatic N) is 1. The van der Waals surface area contributed by atoms with Crippen molar-refractivity contribution >= 4 is 16.9 Å². The number of ether oxygens (including phenoxy) is 1. The number of benzene rings is 2. The molecule has 1 fully saturated rings. The molecule has 4 rings (SSSR count). The number of carbonyl (C=O) groups is 1. The molecule has 3 aromatic rings. The molecule has 4 nitrogen and oxygen atoms in total. The second-order valence-electron chi connectivity index (χ2n) is 6.96. The van der Waals surface area contributed by atoms with E-state index in [-0.39, 0.29) is 24.4 Å². The number of hydrogen-bond donors (Lipinski definition) is 0. The van der Waals surface area contributed by atoms with Gasteiger partial charge in [-0.1, -0.05) is 36.4 Å². The van der Waals surface area contributed by atoms with E-state index in [0.29, 0.717) is 30.1 Å². The molecule has 2 heterocycles. The van der Waals surface area contributed by atoms with Gasteiger partial charge in [0.05, 0.1) is 6.10 Å². The van der Waals surface area contributed by atoms with Crippen LogP contribution in [0, 0.1) is 12.7 Å². The van der Waals surface area contributed by atoms with Crippen molar-refractivity contribution in [2.24, 2.45) is 0 Å². The third-order valence-electron chi connectivity index (χ3n) is 5.09. The molecule has 0 bridgehead atoms. The molecule has 27 heavy (non-hydrogen) atoms. The number of carbonyl (C=O) groups excluding carboxylic acids is 1. The summed E-state index contributed by atoms with van der Waals surface area (Å²) in [7, 11) is 0. The molecule has 1 aromatic heterocycles. The summed E-state index contributed by atoms with van der Waals surface area (Å²) in [6.07, 6.45) is 1.86. The van der Waals surface area contributed by atoms with Gasteiger partial charge >= 0.3 is 0 Å². The van der Waals surface area contributed by atoms with Gasteiger partial charge in [0.15, 0.2) is 5.76 Å². The minimum Gasteiger partial charge on any atom is -0.451 e. The predicted molar refractivity (Wildman–Crippen MR) is 101 cm³/mol. The summed E-state index contributed by atoms with van der Waals surface area (Å²) in [4.78, 5) is 14.9. The maximum atomic E-state index is 14.2. The van der Waals surface area contributed by atoms with E-state index >= 15 is 0 Å². The minimum absolute atomic E-state index is 0.0228. The van der Waals surface area contributed by atoms with Crippen LogP contribution in [0.4, 0.5) is 4.39 Å². The van der Waals surface area contributed by atoms with Gasteiger partial charge in [-0.25, -0.2) is 4.39 Å². The van der Waals surface area contributed by atoms with Crippen molar-refractivity contribution in [1.29, 1.82) is 0 Å². The maximum Gasteiger partial charge on any atom is 0.290 e. The van der Waals surface area contributed by atoms with Crippen molar-refractivity contribution in [3.63, 3.8) is 0 Å². The fourth-order valence-corrected chi connectivity index (χ4v) is 3.61. The number of aryl methyl sites for hydroxylation is 1. The lowest BCUT2D eigenvalue weighted by Gasteiger charge is -2.25. The SMILES string of the molecule is Cc1c(C(=O)N(Cc2ccccc2F)C[C@@H]2CCCO2)oc2ccccc12. The first kappa shape index (κ1) is 17.7. The van der Waals surface area contributed by atoms with Crippen molar-refractivity contribution in [3.05, 3.63) is 71.2 Å². The van der Waals surface area contributed by atoms with Crippen LogP contribution in [0.1, 0.15) is 34.5 Å². The van der Waals surface area contributed by atoms with E-state index in [1.165, 1.54) is 6.07 Å². The van der Waals surface area contributed by atoms with Crippen molar-refractivity contribution in [1.82, 2.24) is 4.90 Å². The van der Waals surface area contributed by atoms with Crippen LogP contribution in [0.25, 0.3) is 11.0 Å². The van der Waals surface area contributed by atoms with Crippen LogP contribution in [0.3, 0.4) is 0 Å². The van der Waals surface area contributed by atoms with Crippen LogP contribution >= 0.6 is 0 Å². The van der Waals surface area contributed by atoms with E-state index in [1.54, 1.807) is 23.1 Å². The Balaban J connectivity index is 1.66. The molecule has 0 radical (unpaired) electrons. The number of furan rings is 1. The zero-order valence-electron chi connectivity index (χ0n) is 15.3. The van der Waals surface area contributed by atoms with Crippen LogP contribution in [0.5, 0.6) is 0 Å². The fraction of sp³-hybridized carbons (Fsp3) is 0.318. The highest BCUT2D eigenvalue weighted by atomic mass is 19.1. The summed E-state index contributed by atoms with van der Waals surface area (Å²) < 4.78 is 25.7. The first-order valence-electron chi connectivity index (χ1n) is 9.26. The molecule has 140 valence electrons. The number of amides is 1. The molecule has 0 unspecified atom stereocenters. The van der Waals surface area contributed by atoms with Crippen LogP contribution in [0.15, 0.2) is 52.9 Å². The van der Waals surface area contributed by atoms with Gasteiger partial charge in [-0.05, 0) is 31.9 Å². The van der Waals surface area contributed by atoms with Gasteiger partial charge in [0.1, 0.15) is 11.4 Å². The van der Waals surface area contributed by atoms with Crippen LogP contribution in [-0.4, -0.2) is 30.1 Å². The second kappa shape index (κ2) is 7.53. The van der Waals surface area contributed by atoms with E-state index < -0.39 is 0 Å². The lowest BCUT2D eigenvalue weighted by molar-refractivity contribution is 0.0482. The molecular formula is C22H22FNO3. The van der Waals surface area contributed by atoms with E-state index in [0.717, 1.165) is 23.8 Å². The molecule has 1 atom stereocenters. The van der Waals surface area contributed by atoms with Gasteiger partial charge in [-0.2, -0.15) is 0 Å². The van der Waals surface area contributed by atoms with Gasteiger partial charge in [-0.3, -0.25) is 4.79 Å². The Labute approximate surface area is 157 Å². The molecule has 0 saturated carbocycles. The molecule has 2 aromatic carbocycles. The van der Waals surface area contributed by atoms with Crippen LogP contribution < -0.4 is 0 Å². The molecule has 0 spiro atoms. The fourth-order valence-electron chi connectivity index (χ4n) is 3.61. The normalized spacial score (nSPS) is 16.7. The van der Waals surface area contributed by atoms with Crippen molar-refractivity contribution < 1.29 is 18.3 Å². The molecule has 1 saturated heterocycles. The predicted octanol–water partition coefficient (Wildman–Crippen LogP) is 4.70. The average Bonchev–Trinajstić information content (AvgIpc) is 3.31. The number of para-hydroxylation sites is 1. The Bertz CT molecular complexity index is 959. The quantitative estimate of drug-likeness (QED) is 0.656. The highest BCUT2D eigenvalue weighted by Gasteiger charge is 2.28. The third-order valence-corrected chi connectivity index (χ3v) is 5.09. The summed E-state index contributed by atoms with van der Waals surface area (Å²) >= 11 is 0. The van der Waals surface area contributed by atoms with Crippen LogP contribution in [0.2, 0.25) is 0 Å². The molecule has 0 aliphatic carbocycles. The first-order chi connectivity index (χ1) is 13.1. The zero-order chi connectivity index (χ0) is 18.8. The number of rotatable bonds is 5. The van der Waals surface area contributed by atoms with Gasteiger partial charge < -0.3 is 14.1 Å². The first-order valence-corrected chi connectivity index (χ1v) is 9.26. The lowest BCUT2D eigenvalue weighted by atomic mass is 10.1. The molecule has 1 amide bonds. The smallest absolute Gasteiger partial charge is 0.290 e. The highest BCUT2D eigenvalue weighted by molar-refractivity contribution is 5.98. The summed E-state index contributed by atoms with van der Waals surface area (Å²) in [6, 6.07) is 14.1. The molecular weight excluding hydrogens is 345 g/mol. The third kappa shape index (κ3) is 3.60. The summed E-state index contributed by atoms with van der Waals surface area (Å²) in [6.45, 7) is 3.19. The Kier molecular flexibility index (Phi) is 4.94. The highest BCUT2D eigenvalue weighted by Crippen LogP contribution is 2.27. The van der Waals surface area contributed by atoms with Crippen molar-refractivity contribution in [2.75, 3.05) is 13.2 Å². The van der Waals surface area contributed by atoms with Gasteiger partial charge in [-0.15, -0.1) is 0 Å². The topological polar surface area (TPSA) is 42.7 Å². The summed E-state index contributed by atoms with van der Waals surface area (Å²) in [5.41, 5.74) is 1.97. The van der Waals surface area contributed by atoms with Crippen molar-refractivity contribution in [3.8, 4) is 0 Å². The Morgan fingerprint density at radius 2 is 1.96 bits per heavy atom. The number of halogens is 1. The largest absolute Gasteiger partial charge is 0.451 e. The summed E-state index contributed by atoms with van der Waals surface area (Å²) in [5, 5.41) is 0.920. The lowest BCUT2D eigenvalue weighted by Crippen LogP contribution is -2.37. The van der Waals surface area contributed by atoms with Crippen LogP contribution in [-0.2, 0) is 11.3 Å². The average molecular weight is 367 g/mol. The number of hydrogen-bond acceptors (Lipinski definition) is 3. The van der Waals surface area contributed by atoms with E-state index in [9.17, 15) is 9.18 Å². The Morgan fingerprint density at radius 3 is 2.70 bits per heavy atom.